The van der Waals surface area contributed by atoms with Crippen molar-refractivity contribution in [3.05, 3.63) is 59.2 Å². The number of halogens is 5. The summed E-state index contributed by atoms with van der Waals surface area (Å²) in [5.74, 6) is -1.71. The molecule has 9 heteroatoms. The van der Waals surface area contributed by atoms with Crippen LogP contribution in [0.15, 0.2) is 30.7 Å². The number of rotatable bonds is 1. The summed E-state index contributed by atoms with van der Waals surface area (Å²) in [5, 5.41) is 0.301. The maximum absolute atomic E-state index is 13.6. The van der Waals surface area contributed by atoms with Gasteiger partial charge in [-0.3, -0.25) is 4.98 Å². The van der Waals surface area contributed by atoms with Crippen LogP contribution in [-0.4, -0.2) is 21.5 Å². The summed E-state index contributed by atoms with van der Waals surface area (Å²) in [6.07, 6.45) is -2.02. The minimum absolute atomic E-state index is 0.136. The summed E-state index contributed by atoms with van der Waals surface area (Å²) in [6, 6.07) is 3.04. The van der Waals surface area contributed by atoms with E-state index in [1.54, 1.807) is 4.90 Å². The Morgan fingerprint density at radius 2 is 1.73 bits per heavy atom. The topological polar surface area (TPSA) is 41.9 Å². The minimum Gasteiger partial charge on any atom is -0.351 e. The van der Waals surface area contributed by atoms with Crippen LogP contribution in [0.2, 0.25) is 0 Å². The van der Waals surface area contributed by atoms with Gasteiger partial charge in [0, 0.05) is 42.9 Å². The van der Waals surface area contributed by atoms with Crippen molar-refractivity contribution in [2.75, 3.05) is 11.4 Å². The highest BCUT2D eigenvalue weighted by atomic mass is 19.4. The molecule has 0 bridgehead atoms. The molecule has 0 aliphatic carbocycles. The van der Waals surface area contributed by atoms with Crippen LogP contribution in [0.3, 0.4) is 0 Å². The van der Waals surface area contributed by atoms with Crippen LogP contribution >= 0.6 is 0 Å². The van der Waals surface area contributed by atoms with Gasteiger partial charge in [-0.1, -0.05) is 0 Å². The molecule has 0 saturated carbocycles. The first-order valence-electron chi connectivity index (χ1n) is 7.72. The van der Waals surface area contributed by atoms with Gasteiger partial charge in [0.2, 0.25) is 0 Å². The average molecular weight is 366 g/mol. The number of anilines is 1. The third-order valence-corrected chi connectivity index (χ3v) is 4.32. The van der Waals surface area contributed by atoms with E-state index in [1.807, 2.05) is 0 Å². The second-order valence-electron chi connectivity index (χ2n) is 5.98. The number of alkyl halides is 3. The van der Waals surface area contributed by atoms with Gasteiger partial charge in [0.1, 0.15) is 12.1 Å². The molecular weight excluding hydrogens is 355 g/mol. The lowest BCUT2D eigenvalue weighted by Crippen LogP contribution is -2.32. The molecule has 26 heavy (non-hydrogen) atoms. The Kier molecular flexibility index (Phi) is 3.74. The van der Waals surface area contributed by atoms with Crippen LogP contribution in [0.4, 0.5) is 27.8 Å². The first-order chi connectivity index (χ1) is 12.3. The zero-order valence-electron chi connectivity index (χ0n) is 13.2. The standard InChI is InChI=1S/C17H11F5N4/c18-12-4-11-15(5-13(12)19)24-8-25-16(11)26-2-1-14-9(7-26)3-10(6-23-14)17(20,21)22/h3-6,8H,1-2,7H2. The molecule has 0 radical (unpaired) electrons. The summed E-state index contributed by atoms with van der Waals surface area (Å²) in [6.45, 7) is 0.577. The van der Waals surface area contributed by atoms with Crippen molar-refractivity contribution in [3.8, 4) is 0 Å². The quantitative estimate of drug-likeness (QED) is 0.613. The molecule has 1 aliphatic heterocycles. The molecule has 0 spiro atoms. The normalized spacial score (nSPS) is 14.6. The molecule has 0 fully saturated rings. The fraction of sp³-hybridized carbons (Fsp3) is 0.235. The lowest BCUT2D eigenvalue weighted by molar-refractivity contribution is -0.137. The van der Waals surface area contributed by atoms with Gasteiger partial charge in [0.25, 0.3) is 0 Å². The van der Waals surface area contributed by atoms with Gasteiger partial charge < -0.3 is 4.90 Å². The molecule has 134 valence electrons. The number of aromatic nitrogens is 3. The zero-order chi connectivity index (χ0) is 18.5. The molecular formula is C17H11F5N4. The van der Waals surface area contributed by atoms with E-state index in [2.05, 4.69) is 15.0 Å². The van der Waals surface area contributed by atoms with E-state index in [9.17, 15) is 22.0 Å². The third kappa shape index (κ3) is 2.83. The highest BCUT2D eigenvalue weighted by Crippen LogP contribution is 2.33. The maximum atomic E-state index is 13.6. The monoisotopic (exact) mass is 366 g/mol. The Morgan fingerprint density at radius 1 is 0.962 bits per heavy atom. The highest BCUT2D eigenvalue weighted by molar-refractivity contribution is 5.89. The lowest BCUT2D eigenvalue weighted by atomic mass is 10.0. The van der Waals surface area contributed by atoms with Crippen LogP contribution in [-0.2, 0) is 19.1 Å². The number of benzene rings is 1. The second kappa shape index (κ2) is 5.86. The van der Waals surface area contributed by atoms with Crippen LogP contribution in [0.1, 0.15) is 16.8 Å². The van der Waals surface area contributed by atoms with Crippen molar-refractivity contribution < 1.29 is 22.0 Å². The van der Waals surface area contributed by atoms with Crippen molar-refractivity contribution in [1.29, 1.82) is 0 Å². The molecule has 2 aromatic heterocycles. The van der Waals surface area contributed by atoms with Gasteiger partial charge in [0.05, 0.1) is 11.1 Å². The molecule has 1 aliphatic rings. The molecule has 0 atom stereocenters. The SMILES string of the molecule is Fc1cc2ncnc(N3CCc4ncc(C(F)(F)F)cc4C3)c2cc1F. The maximum Gasteiger partial charge on any atom is 0.417 e. The van der Waals surface area contributed by atoms with Gasteiger partial charge in [-0.05, 0) is 17.7 Å². The first-order valence-corrected chi connectivity index (χ1v) is 7.72. The zero-order valence-corrected chi connectivity index (χ0v) is 13.2. The minimum atomic E-state index is -4.48. The van der Waals surface area contributed by atoms with Crippen molar-refractivity contribution in [2.45, 2.75) is 19.1 Å². The predicted molar refractivity (Wildman–Crippen MR) is 83.4 cm³/mol. The van der Waals surface area contributed by atoms with Crippen LogP contribution < -0.4 is 4.90 Å². The molecule has 0 saturated heterocycles. The van der Waals surface area contributed by atoms with Gasteiger partial charge in [0.15, 0.2) is 11.6 Å². The van der Waals surface area contributed by atoms with E-state index >= 15 is 0 Å². The molecule has 4 nitrogen and oxygen atoms in total. The smallest absolute Gasteiger partial charge is 0.351 e. The first kappa shape index (κ1) is 16.6. The van der Waals surface area contributed by atoms with Gasteiger partial charge in [-0.15, -0.1) is 0 Å². The second-order valence-corrected chi connectivity index (χ2v) is 5.98. The Balaban J connectivity index is 1.75. The van der Waals surface area contributed by atoms with E-state index < -0.39 is 23.4 Å². The van der Waals surface area contributed by atoms with E-state index in [1.165, 1.54) is 6.33 Å². The van der Waals surface area contributed by atoms with E-state index in [0.29, 0.717) is 35.4 Å². The fourth-order valence-electron chi connectivity index (χ4n) is 3.05. The number of hydrogen-bond donors (Lipinski definition) is 0. The largest absolute Gasteiger partial charge is 0.417 e. The molecule has 3 heterocycles. The van der Waals surface area contributed by atoms with Gasteiger partial charge >= 0.3 is 6.18 Å². The summed E-state index contributed by atoms with van der Waals surface area (Å²) < 4.78 is 65.8. The average Bonchev–Trinajstić information content (AvgIpc) is 2.60. The molecule has 4 rings (SSSR count). The number of pyridine rings is 1. The van der Waals surface area contributed by atoms with Crippen molar-refractivity contribution in [2.24, 2.45) is 0 Å². The van der Waals surface area contributed by atoms with Crippen molar-refractivity contribution >= 4 is 16.7 Å². The Morgan fingerprint density at radius 3 is 2.50 bits per heavy atom. The molecule has 0 amide bonds. The summed E-state index contributed by atoms with van der Waals surface area (Å²) in [4.78, 5) is 13.7. The predicted octanol–water partition coefficient (Wildman–Crippen LogP) is 3.88. The lowest BCUT2D eigenvalue weighted by Gasteiger charge is -2.30. The third-order valence-electron chi connectivity index (χ3n) is 4.32. The fourth-order valence-corrected chi connectivity index (χ4v) is 3.05. The number of fused-ring (bicyclic) bond motifs is 2. The van der Waals surface area contributed by atoms with E-state index in [-0.39, 0.29) is 12.1 Å². The Bertz CT molecular complexity index is 1000. The number of hydrogen-bond acceptors (Lipinski definition) is 4. The highest BCUT2D eigenvalue weighted by Gasteiger charge is 2.32. The molecule has 0 N–H and O–H groups in total. The van der Waals surface area contributed by atoms with E-state index in [0.717, 1.165) is 24.4 Å². The molecule has 0 unspecified atom stereocenters. The van der Waals surface area contributed by atoms with Gasteiger partial charge in [-0.25, -0.2) is 18.7 Å². The van der Waals surface area contributed by atoms with Crippen LogP contribution in [0.5, 0.6) is 0 Å². The van der Waals surface area contributed by atoms with Crippen molar-refractivity contribution in [3.63, 3.8) is 0 Å². The summed E-state index contributed by atoms with van der Waals surface area (Å²) >= 11 is 0. The number of nitrogens with zero attached hydrogens (tertiary/aromatic N) is 4. The Labute approximate surface area is 144 Å². The van der Waals surface area contributed by atoms with Crippen molar-refractivity contribution in [1.82, 2.24) is 15.0 Å². The molecule has 1 aromatic carbocycles. The molecule has 3 aromatic rings. The van der Waals surface area contributed by atoms with Gasteiger partial charge in [-0.2, -0.15) is 13.2 Å². The Hall–Kier alpha value is -2.84. The van der Waals surface area contributed by atoms with Crippen LogP contribution in [0.25, 0.3) is 10.9 Å². The van der Waals surface area contributed by atoms with E-state index in [4.69, 9.17) is 0 Å². The summed E-state index contributed by atoms with van der Waals surface area (Å²) in [5.41, 5.74) is 0.422. The van der Waals surface area contributed by atoms with Crippen LogP contribution in [0, 0.1) is 11.6 Å². The summed E-state index contributed by atoms with van der Waals surface area (Å²) in [7, 11) is 0.